The quantitative estimate of drug-likeness (QED) is 0.0938. The summed E-state index contributed by atoms with van der Waals surface area (Å²) in [5.41, 5.74) is 8.22. The zero-order chi connectivity index (χ0) is 43.0. The Morgan fingerprint density at radius 2 is 1.35 bits per heavy atom. The maximum atomic E-state index is 15.7. The first kappa shape index (κ1) is 43.0. The number of aromatic nitrogens is 5. The molecular formula is C40H43N9O9S2. The van der Waals surface area contributed by atoms with E-state index in [-0.39, 0.29) is 48.9 Å². The van der Waals surface area contributed by atoms with E-state index in [1.165, 1.54) is 50.3 Å². The van der Waals surface area contributed by atoms with Crippen molar-refractivity contribution in [1.82, 2.24) is 39.5 Å². The van der Waals surface area contributed by atoms with E-state index in [4.69, 9.17) is 19.9 Å². The Kier molecular flexibility index (Phi) is 13.3. The van der Waals surface area contributed by atoms with E-state index in [1.807, 2.05) is 0 Å². The molecule has 1 atom stereocenters. The molecule has 0 saturated heterocycles. The van der Waals surface area contributed by atoms with Crippen molar-refractivity contribution in [2.24, 2.45) is 0 Å². The number of hydrogen-bond acceptors (Lipinski definition) is 13. The van der Waals surface area contributed by atoms with Gasteiger partial charge in [0.2, 0.25) is 25.9 Å². The average Bonchev–Trinajstić information content (AvgIpc) is 3.71. The van der Waals surface area contributed by atoms with Crippen molar-refractivity contribution in [3.8, 4) is 39.8 Å². The Balaban J connectivity index is 1.61. The Morgan fingerprint density at radius 1 is 0.800 bits per heavy atom. The number of anilines is 1. The number of benzene rings is 4. The van der Waals surface area contributed by atoms with E-state index in [2.05, 4.69) is 30.4 Å². The van der Waals surface area contributed by atoms with Crippen LogP contribution in [0.1, 0.15) is 23.6 Å². The summed E-state index contributed by atoms with van der Waals surface area (Å²) in [6, 6.07) is 25.4. The number of ether oxygens (including phenoxy) is 3. The van der Waals surface area contributed by atoms with Gasteiger partial charge in [0.15, 0.2) is 0 Å². The third-order valence-electron chi connectivity index (χ3n) is 9.22. The molecule has 18 nitrogen and oxygen atoms in total. The van der Waals surface area contributed by atoms with Gasteiger partial charge in [-0.05, 0) is 89.0 Å². The van der Waals surface area contributed by atoms with Crippen LogP contribution in [-0.4, -0.2) is 91.4 Å². The van der Waals surface area contributed by atoms with Crippen molar-refractivity contribution < 1.29 is 40.9 Å². The van der Waals surface area contributed by atoms with Crippen molar-refractivity contribution in [1.29, 1.82) is 0 Å². The molecule has 4 aromatic carbocycles. The number of tetrazole rings is 1. The fourth-order valence-corrected chi connectivity index (χ4v) is 9.85. The number of pyridine rings is 1. The molecule has 5 N–H and O–H groups in total. The van der Waals surface area contributed by atoms with Gasteiger partial charge >= 0.3 is 6.09 Å². The monoisotopic (exact) mass is 857 g/mol. The van der Waals surface area contributed by atoms with Crippen LogP contribution >= 0.6 is 0 Å². The fourth-order valence-electron chi connectivity index (χ4n) is 6.20. The van der Waals surface area contributed by atoms with E-state index in [0.29, 0.717) is 33.9 Å². The zero-order valence-electron chi connectivity index (χ0n) is 33.0. The van der Waals surface area contributed by atoms with Crippen molar-refractivity contribution in [2.75, 3.05) is 33.6 Å². The molecule has 60 heavy (non-hydrogen) atoms. The summed E-state index contributed by atoms with van der Waals surface area (Å²) in [4.78, 5) is 15.5. The molecule has 314 valence electrons. The molecule has 6 aromatic rings. The third kappa shape index (κ3) is 10.1. The van der Waals surface area contributed by atoms with Crippen LogP contribution in [0.2, 0.25) is 0 Å². The van der Waals surface area contributed by atoms with Crippen LogP contribution in [0.4, 0.5) is 10.6 Å². The van der Waals surface area contributed by atoms with Gasteiger partial charge in [0.1, 0.15) is 32.9 Å². The first-order valence-electron chi connectivity index (χ1n) is 18.3. The molecule has 2 aromatic heterocycles. The van der Waals surface area contributed by atoms with E-state index in [0.717, 1.165) is 9.87 Å². The fraction of sp³-hybridized carbons (Fsp3) is 0.225. The van der Waals surface area contributed by atoms with Gasteiger partial charge < -0.3 is 30.4 Å². The first-order valence-corrected chi connectivity index (χ1v) is 21.2. The van der Waals surface area contributed by atoms with Gasteiger partial charge in [-0.2, -0.15) is 9.10 Å². The molecule has 6 rings (SSSR count). The second-order valence-electron chi connectivity index (χ2n) is 13.5. The number of carboxylic acid groups (broad SMARTS) is 1. The third-order valence-corrected chi connectivity index (χ3v) is 12.9. The lowest BCUT2D eigenvalue weighted by Gasteiger charge is -2.26. The molecule has 0 radical (unpaired) electrons. The molecule has 0 aliphatic rings. The molecule has 0 spiro atoms. The van der Waals surface area contributed by atoms with Crippen LogP contribution in [0.25, 0.3) is 22.5 Å². The van der Waals surface area contributed by atoms with Crippen LogP contribution in [-0.2, 0) is 39.7 Å². The van der Waals surface area contributed by atoms with Crippen LogP contribution in [0.3, 0.4) is 0 Å². The maximum Gasteiger partial charge on any atom is 0.404 e. The predicted octanol–water partition coefficient (Wildman–Crippen LogP) is 4.38. The molecule has 0 unspecified atom stereocenters. The van der Waals surface area contributed by atoms with Crippen LogP contribution in [0, 0.1) is 0 Å². The van der Waals surface area contributed by atoms with E-state index >= 15 is 8.42 Å². The van der Waals surface area contributed by atoms with Crippen LogP contribution in [0.5, 0.6) is 17.2 Å². The molecule has 1 amide bonds. The topological polar surface area (TPSA) is 243 Å². The normalized spacial score (nSPS) is 12.2. The number of hydrogen-bond donors (Lipinski definition) is 4. The number of carbonyl (C=O) groups is 1. The second-order valence-corrected chi connectivity index (χ2v) is 17.0. The summed E-state index contributed by atoms with van der Waals surface area (Å²) in [5.74, 6) is 1.71. The van der Waals surface area contributed by atoms with Gasteiger partial charge in [0.05, 0.1) is 33.4 Å². The summed E-state index contributed by atoms with van der Waals surface area (Å²) < 4.78 is 79.9. The molecule has 0 saturated carbocycles. The van der Waals surface area contributed by atoms with Gasteiger partial charge in [-0.15, -0.1) is 10.2 Å². The largest absolute Gasteiger partial charge is 0.497 e. The Bertz CT molecular complexity index is 2590. The van der Waals surface area contributed by atoms with E-state index in [9.17, 15) is 18.3 Å². The lowest BCUT2D eigenvalue weighted by Crippen LogP contribution is -2.42. The smallest absolute Gasteiger partial charge is 0.404 e. The number of amides is 1. The lowest BCUT2D eigenvalue weighted by molar-refractivity contribution is 0.193. The summed E-state index contributed by atoms with van der Waals surface area (Å²) in [6.45, 7) is 0.806. The summed E-state index contributed by atoms with van der Waals surface area (Å²) >= 11 is 0. The highest BCUT2D eigenvalue weighted by Crippen LogP contribution is 2.41. The van der Waals surface area contributed by atoms with Gasteiger partial charge in [-0.25, -0.2) is 31.3 Å². The highest BCUT2D eigenvalue weighted by atomic mass is 32.2. The number of nitrogens with two attached hydrogens (primary N) is 1. The Morgan fingerprint density at radius 3 is 1.85 bits per heavy atom. The molecule has 2 heterocycles. The van der Waals surface area contributed by atoms with Crippen molar-refractivity contribution >= 4 is 32.0 Å². The summed E-state index contributed by atoms with van der Waals surface area (Å²) in [5, 5.41) is 24.5. The minimum Gasteiger partial charge on any atom is -0.497 e. The van der Waals surface area contributed by atoms with Crippen molar-refractivity contribution in [3.05, 3.63) is 120 Å². The minimum atomic E-state index is -4.91. The highest BCUT2D eigenvalue weighted by Gasteiger charge is 2.38. The number of nitrogen functional groups attached to an aromatic ring is 1. The standard InChI is InChI=1S/C40H43N9O9S2/c1-26(21-43-40(50)51)46-59(52,53)35-19-18-34(30-11-20-36(41)42-22-30)37(39-44-47-49(45-39)25-29-9-16-33(58-4)17-10-29)38(35)60(54,55)48(23-27-5-12-31(56-2)13-6-27)24-28-7-14-32(57-3)15-8-28/h5-20,22,26,43,46H,21,23-25H2,1-4H3,(H2,41,42)(H,50,51)/t26-/m1/s1. The number of nitrogens with one attached hydrogen (secondary N) is 2. The van der Waals surface area contributed by atoms with Gasteiger partial charge in [-0.3, -0.25) is 0 Å². The SMILES string of the molecule is COc1ccc(CN(Cc2ccc(OC)cc2)S(=O)(=O)c2c(S(=O)(=O)N[C@H](C)CNC(=O)O)ccc(-c3ccc(N)nc3)c2-c2nnn(Cc3ccc(OC)cc3)n2)cc1. The van der Waals surface area contributed by atoms with Gasteiger partial charge in [0.25, 0.3) is 0 Å². The predicted molar refractivity (Wildman–Crippen MR) is 221 cm³/mol. The lowest BCUT2D eigenvalue weighted by atomic mass is 10.0. The van der Waals surface area contributed by atoms with Crippen molar-refractivity contribution in [2.45, 2.75) is 42.4 Å². The molecular weight excluding hydrogens is 815 g/mol. The number of sulfonamides is 2. The number of nitrogens with zero attached hydrogens (tertiary/aromatic N) is 6. The molecule has 0 fully saturated rings. The molecule has 0 aliphatic heterocycles. The van der Waals surface area contributed by atoms with Crippen LogP contribution in [0.15, 0.2) is 113 Å². The molecule has 0 bridgehead atoms. The maximum absolute atomic E-state index is 15.7. The van der Waals surface area contributed by atoms with E-state index in [1.54, 1.807) is 86.0 Å². The van der Waals surface area contributed by atoms with Crippen molar-refractivity contribution in [3.63, 3.8) is 0 Å². The number of methoxy groups -OCH3 is 3. The number of rotatable bonds is 18. The Labute approximate surface area is 347 Å². The second kappa shape index (κ2) is 18.5. The minimum absolute atomic E-state index is 0.118. The zero-order valence-corrected chi connectivity index (χ0v) is 34.6. The summed E-state index contributed by atoms with van der Waals surface area (Å²) in [6.07, 6.45) is 0.0507. The Hall–Kier alpha value is -6.61. The molecule has 0 aliphatic carbocycles. The average molecular weight is 858 g/mol. The first-order chi connectivity index (χ1) is 28.7. The van der Waals surface area contributed by atoms with E-state index < -0.39 is 42.0 Å². The summed E-state index contributed by atoms with van der Waals surface area (Å²) in [7, 11) is -5.10. The highest BCUT2D eigenvalue weighted by molar-refractivity contribution is 7.92. The van der Waals surface area contributed by atoms with Gasteiger partial charge in [0, 0.05) is 37.4 Å². The van der Waals surface area contributed by atoms with Gasteiger partial charge in [-0.1, -0.05) is 42.5 Å². The van der Waals surface area contributed by atoms with Crippen LogP contribution < -0.4 is 30.0 Å². The molecule has 20 heteroatoms.